The quantitative estimate of drug-likeness (QED) is 0.588. The molecular weight excluding hydrogens is 429 g/mol. The van der Waals surface area contributed by atoms with E-state index in [0.717, 1.165) is 10.6 Å². The monoisotopic (exact) mass is 454 g/mol. The normalized spacial score (nSPS) is 12.3. The molecule has 3 aromatic rings. The van der Waals surface area contributed by atoms with Crippen molar-refractivity contribution in [2.75, 3.05) is 6.61 Å². The molecule has 0 atom stereocenters. The molecule has 0 aliphatic heterocycles. The third-order valence-electron chi connectivity index (χ3n) is 5.16. The van der Waals surface area contributed by atoms with Gasteiger partial charge in [0.1, 0.15) is 4.83 Å². The highest BCUT2D eigenvalue weighted by Crippen LogP contribution is 2.36. The van der Waals surface area contributed by atoms with E-state index in [2.05, 4.69) is 0 Å². The highest BCUT2D eigenvalue weighted by molar-refractivity contribution is 7.18. The van der Waals surface area contributed by atoms with E-state index < -0.39 is 23.0 Å². The molecule has 31 heavy (non-hydrogen) atoms. The van der Waals surface area contributed by atoms with Crippen LogP contribution in [0.5, 0.6) is 0 Å². The van der Waals surface area contributed by atoms with Gasteiger partial charge in [-0.3, -0.25) is 13.9 Å². The molecular formula is C22H25F3N2O3S. The molecule has 0 bridgehead atoms. The van der Waals surface area contributed by atoms with Gasteiger partial charge in [-0.1, -0.05) is 32.0 Å². The Morgan fingerprint density at radius 3 is 2.45 bits per heavy atom. The summed E-state index contributed by atoms with van der Waals surface area (Å²) in [6, 6.07) is 5.38. The second kappa shape index (κ2) is 9.00. The predicted octanol–water partition coefficient (Wildman–Crippen LogP) is 3.95. The molecule has 0 unspecified atom stereocenters. The minimum Gasteiger partial charge on any atom is -0.396 e. The highest BCUT2D eigenvalue weighted by Gasteiger charge is 2.33. The zero-order valence-corrected chi connectivity index (χ0v) is 18.4. The van der Waals surface area contributed by atoms with Gasteiger partial charge in [0.15, 0.2) is 0 Å². The Bertz CT molecular complexity index is 1210. The lowest BCUT2D eigenvalue weighted by Gasteiger charge is -2.13. The maximum Gasteiger partial charge on any atom is 0.416 e. The summed E-state index contributed by atoms with van der Waals surface area (Å²) < 4.78 is 43.1. The summed E-state index contributed by atoms with van der Waals surface area (Å²) in [5, 5.41) is 9.69. The molecule has 168 valence electrons. The number of aromatic nitrogens is 2. The van der Waals surface area contributed by atoms with Crippen molar-refractivity contribution < 1.29 is 18.3 Å². The molecule has 0 amide bonds. The van der Waals surface area contributed by atoms with Crippen LogP contribution < -0.4 is 11.2 Å². The second-order valence-corrected chi connectivity index (χ2v) is 9.08. The zero-order chi connectivity index (χ0) is 22.9. The van der Waals surface area contributed by atoms with Gasteiger partial charge in [0.25, 0.3) is 5.56 Å². The summed E-state index contributed by atoms with van der Waals surface area (Å²) >= 11 is 1.19. The maximum atomic E-state index is 13.5. The molecule has 0 saturated heterocycles. The summed E-state index contributed by atoms with van der Waals surface area (Å²) in [5.41, 5.74) is -0.887. The highest BCUT2D eigenvalue weighted by atomic mass is 32.1. The molecule has 0 radical (unpaired) electrons. The number of hydrogen-bond acceptors (Lipinski definition) is 4. The fraction of sp³-hybridized carbons (Fsp3) is 0.455. The summed E-state index contributed by atoms with van der Waals surface area (Å²) in [6.45, 7) is 4.18. The number of nitrogens with zero attached hydrogens (tertiary/aromatic N) is 2. The van der Waals surface area contributed by atoms with E-state index in [9.17, 15) is 27.9 Å². The van der Waals surface area contributed by atoms with Crippen molar-refractivity contribution in [3.63, 3.8) is 0 Å². The first-order valence-corrected chi connectivity index (χ1v) is 10.9. The van der Waals surface area contributed by atoms with Crippen LogP contribution >= 0.6 is 11.3 Å². The van der Waals surface area contributed by atoms with Gasteiger partial charge >= 0.3 is 11.9 Å². The standard InChI is InChI=1S/C22H25F3N2O3S/c1-13(2)12-27-20-18(19(29)26(3)21(27)30)15(8-6-10-28)17(31-20)11-14-7-4-5-9-16(14)22(23,24)25/h4-5,7,9,13,28H,6,8,10-12H2,1-3H3. The Kier molecular flexibility index (Phi) is 6.76. The first-order chi connectivity index (χ1) is 14.6. The van der Waals surface area contributed by atoms with Crippen molar-refractivity contribution in [2.45, 2.75) is 45.8 Å². The minimum absolute atomic E-state index is 0.00514. The third kappa shape index (κ3) is 4.62. The van der Waals surface area contributed by atoms with E-state index in [0.29, 0.717) is 40.0 Å². The van der Waals surface area contributed by atoms with Crippen molar-refractivity contribution in [3.05, 3.63) is 66.7 Å². The predicted molar refractivity (Wildman–Crippen MR) is 116 cm³/mol. The number of aliphatic hydroxyl groups excluding tert-OH is 1. The molecule has 2 heterocycles. The zero-order valence-electron chi connectivity index (χ0n) is 17.6. The van der Waals surface area contributed by atoms with E-state index in [1.807, 2.05) is 13.8 Å². The number of thiophene rings is 1. The van der Waals surface area contributed by atoms with Gasteiger partial charge in [-0.15, -0.1) is 11.3 Å². The summed E-state index contributed by atoms with van der Waals surface area (Å²) in [5.74, 6) is 0.135. The van der Waals surface area contributed by atoms with E-state index in [1.54, 1.807) is 6.07 Å². The summed E-state index contributed by atoms with van der Waals surface area (Å²) in [6.07, 6.45) is -3.79. The third-order valence-corrected chi connectivity index (χ3v) is 6.41. The molecule has 2 aromatic heterocycles. The Morgan fingerprint density at radius 2 is 1.84 bits per heavy atom. The fourth-order valence-corrected chi connectivity index (χ4v) is 5.11. The van der Waals surface area contributed by atoms with Gasteiger partial charge in [-0.2, -0.15) is 13.2 Å². The lowest BCUT2D eigenvalue weighted by molar-refractivity contribution is -0.138. The Labute approximate surface area is 181 Å². The summed E-state index contributed by atoms with van der Waals surface area (Å²) in [4.78, 5) is 26.8. The van der Waals surface area contributed by atoms with Crippen LogP contribution in [-0.4, -0.2) is 20.8 Å². The van der Waals surface area contributed by atoms with Crippen LogP contribution in [0.3, 0.4) is 0 Å². The van der Waals surface area contributed by atoms with E-state index >= 15 is 0 Å². The van der Waals surface area contributed by atoms with Crippen LogP contribution in [0.25, 0.3) is 10.2 Å². The van der Waals surface area contributed by atoms with E-state index in [4.69, 9.17) is 0 Å². The van der Waals surface area contributed by atoms with Crippen LogP contribution in [-0.2, 0) is 32.6 Å². The van der Waals surface area contributed by atoms with Crippen LogP contribution in [0.4, 0.5) is 13.2 Å². The fourth-order valence-electron chi connectivity index (χ4n) is 3.74. The molecule has 0 saturated carbocycles. The van der Waals surface area contributed by atoms with Crippen molar-refractivity contribution in [1.29, 1.82) is 0 Å². The molecule has 1 N–H and O–H groups in total. The molecule has 0 aliphatic carbocycles. The lowest BCUT2D eigenvalue weighted by atomic mass is 9.99. The van der Waals surface area contributed by atoms with Crippen LogP contribution in [0, 0.1) is 5.92 Å². The lowest BCUT2D eigenvalue weighted by Crippen LogP contribution is -2.38. The Hall–Kier alpha value is -2.39. The minimum atomic E-state index is -4.49. The van der Waals surface area contributed by atoms with Gasteiger partial charge in [0.05, 0.1) is 10.9 Å². The van der Waals surface area contributed by atoms with Crippen molar-refractivity contribution in [1.82, 2.24) is 9.13 Å². The molecule has 3 rings (SSSR count). The number of aryl methyl sites for hydroxylation is 1. The largest absolute Gasteiger partial charge is 0.416 e. The number of fused-ring (bicyclic) bond motifs is 1. The van der Waals surface area contributed by atoms with Crippen LogP contribution in [0.2, 0.25) is 0 Å². The maximum absolute atomic E-state index is 13.5. The number of halogens is 3. The summed E-state index contributed by atoms with van der Waals surface area (Å²) in [7, 11) is 1.41. The molecule has 0 spiro atoms. The Balaban J connectivity index is 2.29. The molecule has 9 heteroatoms. The average molecular weight is 455 g/mol. The molecule has 1 aromatic carbocycles. The topological polar surface area (TPSA) is 64.2 Å². The van der Waals surface area contributed by atoms with Crippen LogP contribution in [0.15, 0.2) is 33.9 Å². The van der Waals surface area contributed by atoms with Gasteiger partial charge in [-0.25, -0.2) is 4.79 Å². The van der Waals surface area contributed by atoms with Gasteiger partial charge < -0.3 is 5.11 Å². The first kappa shape index (κ1) is 23.3. The van der Waals surface area contributed by atoms with Gasteiger partial charge in [0, 0.05) is 31.5 Å². The molecule has 0 fully saturated rings. The Morgan fingerprint density at radius 1 is 1.16 bits per heavy atom. The van der Waals surface area contributed by atoms with Gasteiger partial charge in [-0.05, 0) is 36.0 Å². The number of rotatable bonds is 7. The van der Waals surface area contributed by atoms with Gasteiger partial charge in [0.2, 0.25) is 0 Å². The van der Waals surface area contributed by atoms with Crippen molar-refractivity contribution in [3.8, 4) is 0 Å². The number of benzene rings is 1. The van der Waals surface area contributed by atoms with Crippen LogP contribution in [0.1, 0.15) is 41.8 Å². The van der Waals surface area contributed by atoms with Crippen molar-refractivity contribution in [2.24, 2.45) is 13.0 Å². The number of aliphatic hydroxyl groups is 1. The smallest absolute Gasteiger partial charge is 0.396 e. The second-order valence-electron chi connectivity index (χ2n) is 7.99. The number of alkyl halides is 3. The van der Waals surface area contributed by atoms with E-state index in [-0.39, 0.29) is 24.5 Å². The first-order valence-electron chi connectivity index (χ1n) is 10.1. The van der Waals surface area contributed by atoms with E-state index in [1.165, 1.54) is 35.1 Å². The number of hydrogen-bond donors (Lipinski definition) is 1. The van der Waals surface area contributed by atoms with Crippen molar-refractivity contribution >= 4 is 21.6 Å². The average Bonchev–Trinajstić information content (AvgIpc) is 3.05. The SMILES string of the molecule is CC(C)Cn1c(=O)n(C)c(=O)c2c(CCCO)c(Cc3ccccc3C(F)(F)F)sc21. The molecule has 0 aliphatic rings. The molecule has 5 nitrogen and oxygen atoms in total.